The Morgan fingerprint density at radius 2 is 1.79 bits per heavy atom. The van der Waals surface area contributed by atoms with Gasteiger partial charge in [-0.2, -0.15) is 5.10 Å². The average molecular weight is 520 g/mol. The first-order valence-electron chi connectivity index (χ1n) is 12.9. The van der Waals surface area contributed by atoms with E-state index < -0.39 is 6.10 Å². The Morgan fingerprint density at radius 1 is 1.00 bits per heavy atom. The number of aromatic nitrogens is 2. The van der Waals surface area contributed by atoms with Gasteiger partial charge in [0.05, 0.1) is 31.6 Å². The molecule has 2 heterocycles. The highest BCUT2D eigenvalue weighted by atomic mass is 16.5. The second kappa shape index (κ2) is 13.3. The molecule has 0 amide bonds. The van der Waals surface area contributed by atoms with E-state index in [-0.39, 0.29) is 6.61 Å². The van der Waals surface area contributed by atoms with Gasteiger partial charge in [-0.15, -0.1) is 0 Å². The zero-order valence-corrected chi connectivity index (χ0v) is 22.5. The van der Waals surface area contributed by atoms with Crippen LogP contribution in [0.4, 0.5) is 0 Å². The fourth-order valence-corrected chi connectivity index (χ4v) is 4.41. The van der Waals surface area contributed by atoms with Crippen molar-refractivity contribution in [1.29, 1.82) is 0 Å². The maximum Gasteiger partial charge on any atom is 0.222 e. The molecule has 0 bridgehead atoms. The summed E-state index contributed by atoms with van der Waals surface area (Å²) in [6.07, 6.45) is 0.950. The summed E-state index contributed by atoms with van der Waals surface area (Å²) in [5.41, 5.74) is 2.81. The number of hydrogen-bond acceptors (Lipinski definition) is 7. The molecule has 0 saturated heterocycles. The normalized spacial score (nSPS) is 12.3. The Labute approximate surface area is 224 Å². The molecular formula is C30H37N3O5. The molecule has 1 unspecified atom stereocenters. The molecule has 4 rings (SSSR count). The Bertz CT molecular complexity index is 1250. The number of aliphatic hydroxyl groups excluding tert-OH is 1. The molecule has 38 heavy (non-hydrogen) atoms. The second-order valence-corrected chi connectivity index (χ2v) is 9.74. The lowest BCUT2D eigenvalue weighted by Gasteiger charge is -2.27. The summed E-state index contributed by atoms with van der Waals surface area (Å²) in [5, 5.41) is 15.7. The van der Waals surface area contributed by atoms with Gasteiger partial charge in [-0.05, 0) is 30.2 Å². The molecule has 1 atom stereocenters. The SMILES string of the molecule is COc1cccc(Oc2c(CN(CC(C)C)CC(O)COCc3ccco3)c(-c3ccccc3)nn2C)c1. The minimum Gasteiger partial charge on any atom is -0.497 e. The third-order valence-electron chi connectivity index (χ3n) is 6.00. The monoisotopic (exact) mass is 519 g/mol. The van der Waals surface area contributed by atoms with Gasteiger partial charge in [0.2, 0.25) is 5.88 Å². The molecule has 0 fully saturated rings. The van der Waals surface area contributed by atoms with Crippen molar-refractivity contribution < 1.29 is 23.7 Å². The van der Waals surface area contributed by atoms with Crippen LogP contribution in [0.3, 0.4) is 0 Å². The van der Waals surface area contributed by atoms with E-state index in [0.29, 0.717) is 43.0 Å². The van der Waals surface area contributed by atoms with Gasteiger partial charge in [-0.1, -0.05) is 50.2 Å². The number of furan rings is 1. The Hall–Kier alpha value is -3.59. The molecule has 1 N–H and O–H groups in total. The van der Waals surface area contributed by atoms with Crippen molar-refractivity contribution in [3.05, 3.63) is 84.3 Å². The number of ether oxygens (including phenoxy) is 3. The maximum absolute atomic E-state index is 10.8. The van der Waals surface area contributed by atoms with E-state index in [4.69, 9.17) is 23.7 Å². The van der Waals surface area contributed by atoms with E-state index >= 15 is 0 Å². The van der Waals surface area contributed by atoms with Gasteiger partial charge in [0.1, 0.15) is 29.6 Å². The highest BCUT2D eigenvalue weighted by molar-refractivity contribution is 5.65. The standard InChI is InChI=1S/C30H37N3O5/c1-22(2)17-33(18-24(34)20-36-21-27-14-9-15-37-27)19-28-29(23-10-6-5-7-11-23)31-32(3)30(28)38-26-13-8-12-25(16-26)35-4/h5-16,22,24,34H,17-21H2,1-4H3. The zero-order chi connectivity index (χ0) is 26.9. The van der Waals surface area contributed by atoms with Crippen molar-refractivity contribution in [1.82, 2.24) is 14.7 Å². The lowest BCUT2D eigenvalue weighted by atomic mass is 10.1. The number of benzene rings is 2. The van der Waals surface area contributed by atoms with Crippen LogP contribution in [0, 0.1) is 5.92 Å². The lowest BCUT2D eigenvalue weighted by molar-refractivity contribution is 0.00217. The summed E-state index contributed by atoms with van der Waals surface area (Å²) >= 11 is 0. The molecule has 2 aromatic heterocycles. The molecule has 2 aromatic carbocycles. The van der Waals surface area contributed by atoms with Crippen molar-refractivity contribution in [2.75, 3.05) is 26.8 Å². The van der Waals surface area contributed by atoms with E-state index in [1.54, 1.807) is 18.1 Å². The van der Waals surface area contributed by atoms with Crippen LogP contribution in [-0.2, 0) is 24.9 Å². The molecule has 4 aromatic rings. The fraction of sp³-hybridized carbons (Fsp3) is 0.367. The van der Waals surface area contributed by atoms with Crippen molar-refractivity contribution in [2.24, 2.45) is 13.0 Å². The number of nitrogens with zero attached hydrogens (tertiary/aromatic N) is 3. The zero-order valence-electron chi connectivity index (χ0n) is 22.5. The Morgan fingerprint density at radius 3 is 2.50 bits per heavy atom. The van der Waals surface area contributed by atoms with E-state index in [1.807, 2.05) is 73.8 Å². The van der Waals surface area contributed by atoms with E-state index in [2.05, 4.69) is 18.7 Å². The van der Waals surface area contributed by atoms with Gasteiger partial charge >= 0.3 is 0 Å². The molecule has 0 radical (unpaired) electrons. The number of aryl methyl sites for hydroxylation is 1. The molecule has 202 valence electrons. The lowest BCUT2D eigenvalue weighted by Crippen LogP contribution is -2.37. The Balaban J connectivity index is 1.58. The molecule has 0 aliphatic rings. The van der Waals surface area contributed by atoms with Gasteiger partial charge in [0.15, 0.2) is 0 Å². The predicted molar refractivity (Wildman–Crippen MR) is 146 cm³/mol. The van der Waals surface area contributed by atoms with Crippen LogP contribution in [0.5, 0.6) is 17.4 Å². The molecule has 0 aliphatic heterocycles. The molecular weight excluding hydrogens is 482 g/mol. The fourth-order valence-electron chi connectivity index (χ4n) is 4.41. The van der Waals surface area contributed by atoms with E-state index in [0.717, 1.165) is 29.1 Å². The molecule has 8 heteroatoms. The molecule has 0 spiro atoms. The summed E-state index contributed by atoms with van der Waals surface area (Å²) < 4.78 is 24.6. The van der Waals surface area contributed by atoms with Crippen LogP contribution in [-0.4, -0.2) is 52.7 Å². The van der Waals surface area contributed by atoms with Crippen LogP contribution in [0.2, 0.25) is 0 Å². The van der Waals surface area contributed by atoms with Crippen molar-refractivity contribution >= 4 is 0 Å². The predicted octanol–water partition coefficient (Wildman–Crippen LogP) is 5.52. The van der Waals surface area contributed by atoms with Crippen LogP contribution < -0.4 is 9.47 Å². The summed E-state index contributed by atoms with van der Waals surface area (Å²) in [5.74, 6) is 3.15. The Kier molecular flexibility index (Phi) is 9.59. The quantitative estimate of drug-likeness (QED) is 0.235. The minimum atomic E-state index is -0.664. The second-order valence-electron chi connectivity index (χ2n) is 9.74. The van der Waals surface area contributed by atoms with Crippen molar-refractivity contribution in [3.8, 4) is 28.6 Å². The summed E-state index contributed by atoms with van der Waals surface area (Å²) in [6.45, 7) is 6.65. The van der Waals surface area contributed by atoms with Gasteiger partial charge in [-0.3, -0.25) is 4.90 Å². The first-order valence-corrected chi connectivity index (χ1v) is 12.9. The van der Waals surface area contributed by atoms with Crippen LogP contribution in [0.25, 0.3) is 11.3 Å². The van der Waals surface area contributed by atoms with E-state index in [1.165, 1.54) is 0 Å². The topological polar surface area (TPSA) is 82.1 Å². The molecule has 0 aliphatic carbocycles. The number of methoxy groups -OCH3 is 1. The van der Waals surface area contributed by atoms with E-state index in [9.17, 15) is 5.11 Å². The van der Waals surface area contributed by atoms with Crippen LogP contribution >= 0.6 is 0 Å². The number of aliphatic hydroxyl groups is 1. The summed E-state index contributed by atoms with van der Waals surface area (Å²) in [4.78, 5) is 2.23. The first kappa shape index (κ1) is 27.4. The first-order chi connectivity index (χ1) is 18.4. The van der Waals surface area contributed by atoms with Crippen LogP contribution in [0.15, 0.2) is 77.4 Å². The molecule has 0 saturated carbocycles. The van der Waals surface area contributed by atoms with Crippen LogP contribution in [0.1, 0.15) is 25.2 Å². The third kappa shape index (κ3) is 7.47. The summed E-state index contributed by atoms with van der Waals surface area (Å²) in [7, 11) is 3.52. The smallest absolute Gasteiger partial charge is 0.222 e. The highest BCUT2D eigenvalue weighted by Gasteiger charge is 2.24. The number of rotatable bonds is 14. The van der Waals surface area contributed by atoms with Gasteiger partial charge in [0.25, 0.3) is 0 Å². The third-order valence-corrected chi connectivity index (χ3v) is 6.00. The van der Waals surface area contributed by atoms with Crippen molar-refractivity contribution in [2.45, 2.75) is 33.1 Å². The van der Waals surface area contributed by atoms with Gasteiger partial charge < -0.3 is 23.7 Å². The van der Waals surface area contributed by atoms with Gasteiger partial charge in [-0.25, -0.2) is 4.68 Å². The van der Waals surface area contributed by atoms with Gasteiger partial charge in [0, 0.05) is 38.3 Å². The molecule has 8 nitrogen and oxygen atoms in total. The average Bonchev–Trinajstić information content (AvgIpc) is 3.53. The largest absolute Gasteiger partial charge is 0.497 e. The highest BCUT2D eigenvalue weighted by Crippen LogP contribution is 2.35. The summed E-state index contributed by atoms with van der Waals surface area (Å²) in [6, 6.07) is 21.3. The minimum absolute atomic E-state index is 0.209. The van der Waals surface area contributed by atoms with Crippen molar-refractivity contribution in [3.63, 3.8) is 0 Å². The number of hydrogen-bond donors (Lipinski definition) is 1. The maximum atomic E-state index is 10.8.